The van der Waals surface area contributed by atoms with Crippen molar-refractivity contribution in [2.45, 2.75) is 44.1 Å². The molecule has 252 valence electrons. The van der Waals surface area contributed by atoms with Crippen molar-refractivity contribution >= 4 is 23.5 Å². The van der Waals surface area contributed by atoms with E-state index in [9.17, 15) is 45.1 Å². The van der Waals surface area contributed by atoms with E-state index in [1.807, 2.05) is 0 Å². The summed E-state index contributed by atoms with van der Waals surface area (Å²) in [5, 5.41) is 0. The number of rotatable bonds is 7. The average Bonchev–Trinajstić information content (AvgIpc) is 3.47. The van der Waals surface area contributed by atoms with E-state index >= 15 is 0 Å². The second kappa shape index (κ2) is 13.9. The maximum absolute atomic E-state index is 13.8. The largest absolute Gasteiger partial charge is 0.416 e. The predicted molar refractivity (Wildman–Crippen MR) is 153 cm³/mol. The van der Waals surface area contributed by atoms with Gasteiger partial charge in [-0.1, -0.05) is 12.1 Å². The van der Waals surface area contributed by atoms with Crippen LogP contribution in [0.5, 0.6) is 0 Å². The molecule has 2 saturated heterocycles. The molecule has 2 heterocycles. The van der Waals surface area contributed by atoms with Crippen molar-refractivity contribution in [3.8, 4) is 0 Å². The Hall–Kier alpha value is -3.88. The summed E-state index contributed by atoms with van der Waals surface area (Å²) in [5.74, 6) is -1.82. The van der Waals surface area contributed by atoms with Crippen LogP contribution in [0.2, 0.25) is 0 Å². The third-order valence-electron chi connectivity index (χ3n) is 8.57. The molecular weight excluding hydrogens is 625 g/mol. The number of hydrogen-bond donors (Lipinski definition) is 0. The van der Waals surface area contributed by atoms with Crippen LogP contribution in [0.15, 0.2) is 42.5 Å². The van der Waals surface area contributed by atoms with Crippen LogP contribution in [0.3, 0.4) is 0 Å². The molecule has 0 saturated carbocycles. The third kappa shape index (κ3) is 7.91. The van der Waals surface area contributed by atoms with Gasteiger partial charge >= 0.3 is 18.4 Å². The molecule has 2 aromatic rings. The molecule has 4 rings (SSSR count). The number of amides is 4. The first kappa shape index (κ1) is 35.0. The first-order valence-electron chi connectivity index (χ1n) is 14.7. The first-order chi connectivity index (χ1) is 21.5. The minimum atomic E-state index is -5.10. The number of halogens is 7. The molecule has 0 bridgehead atoms. The average molecular weight is 661 g/mol. The summed E-state index contributed by atoms with van der Waals surface area (Å²) in [6.45, 7) is 3.02. The summed E-state index contributed by atoms with van der Waals surface area (Å²) >= 11 is 0. The highest BCUT2D eigenvalue weighted by Gasteiger charge is 2.43. The van der Waals surface area contributed by atoms with Crippen molar-refractivity contribution in [2.24, 2.45) is 5.92 Å². The molecule has 0 aliphatic carbocycles. The van der Waals surface area contributed by atoms with Crippen LogP contribution in [0.1, 0.15) is 42.4 Å². The van der Waals surface area contributed by atoms with E-state index in [1.54, 1.807) is 16.7 Å². The summed E-state index contributed by atoms with van der Waals surface area (Å²) in [5.41, 5.74) is -3.15. The Bertz CT molecular complexity index is 1380. The van der Waals surface area contributed by atoms with Crippen molar-refractivity contribution in [2.75, 3.05) is 58.4 Å². The van der Waals surface area contributed by atoms with E-state index in [0.717, 1.165) is 7.05 Å². The van der Waals surface area contributed by atoms with Gasteiger partial charge in [-0.25, -0.2) is 9.18 Å². The highest BCUT2D eigenvalue weighted by atomic mass is 19.4. The molecule has 15 heteroatoms. The lowest BCUT2D eigenvalue weighted by atomic mass is 9.93. The van der Waals surface area contributed by atoms with Gasteiger partial charge in [0.25, 0.3) is 0 Å². The van der Waals surface area contributed by atoms with Crippen molar-refractivity contribution in [3.05, 3.63) is 65.0 Å². The summed E-state index contributed by atoms with van der Waals surface area (Å²) in [6.07, 6.45) is -9.38. The number of likely N-dealkylation sites (N-methyl/N-ethyl adjacent to an activating group) is 1. The molecule has 2 fully saturated rings. The molecule has 2 aliphatic rings. The Morgan fingerprint density at radius 2 is 1.43 bits per heavy atom. The van der Waals surface area contributed by atoms with E-state index in [-0.39, 0.29) is 37.6 Å². The maximum atomic E-state index is 13.8. The number of carbonyl (C=O) groups is 3. The van der Waals surface area contributed by atoms with Crippen LogP contribution in [0.4, 0.5) is 41.2 Å². The van der Waals surface area contributed by atoms with Gasteiger partial charge in [0.1, 0.15) is 12.4 Å². The van der Waals surface area contributed by atoms with E-state index in [1.165, 1.54) is 36.2 Å². The van der Waals surface area contributed by atoms with E-state index < -0.39 is 58.9 Å². The molecule has 0 radical (unpaired) electrons. The number of hydrogen-bond acceptors (Lipinski definition) is 4. The van der Waals surface area contributed by atoms with E-state index in [2.05, 4.69) is 0 Å². The fraction of sp³-hybridized carbons (Fsp3) is 0.516. The second-order valence-electron chi connectivity index (χ2n) is 11.5. The molecule has 46 heavy (non-hydrogen) atoms. The van der Waals surface area contributed by atoms with Crippen molar-refractivity contribution in [1.82, 2.24) is 14.7 Å². The molecular formula is C31H35F7N4O4. The van der Waals surface area contributed by atoms with Gasteiger partial charge in [-0.05, 0) is 55.7 Å². The highest BCUT2D eigenvalue weighted by Crippen LogP contribution is 2.39. The van der Waals surface area contributed by atoms with Crippen LogP contribution >= 0.6 is 0 Å². The number of ether oxygens (including phenoxy) is 1. The normalized spacial score (nSPS) is 19.3. The Morgan fingerprint density at radius 3 is 1.96 bits per heavy atom. The van der Waals surface area contributed by atoms with Crippen molar-refractivity contribution < 1.29 is 49.9 Å². The summed E-state index contributed by atoms with van der Waals surface area (Å²) in [4.78, 5) is 44.7. The smallest absolute Gasteiger partial charge is 0.372 e. The number of likely N-dealkylation sites (tertiary alicyclic amines) is 2. The van der Waals surface area contributed by atoms with Gasteiger partial charge in [0.15, 0.2) is 0 Å². The van der Waals surface area contributed by atoms with Crippen LogP contribution in [-0.2, 0) is 26.7 Å². The summed E-state index contributed by atoms with van der Waals surface area (Å²) in [7, 11) is 2.43. The van der Waals surface area contributed by atoms with Crippen LogP contribution < -0.4 is 4.90 Å². The Kier molecular flexibility index (Phi) is 10.5. The number of anilines is 1. The number of urea groups is 1. The zero-order valence-electron chi connectivity index (χ0n) is 25.5. The molecule has 4 amide bonds. The Labute approximate surface area is 261 Å². The van der Waals surface area contributed by atoms with Crippen LogP contribution in [0.25, 0.3) is 0 Å². The lowest BCUT2D eigenvalue weighted by Gasteiger charge is -2.34. The first-order valence-corrected chi connectivity index (χ1v) is 14.7. The van der Waals surface area contributed by atoms with Crippen molar-refractivity contribution in [1.29, 1.82) is 0 Å². The molecule has 8 nitrogen and oxygen atoms in total. The summed E-state index contributed by atoms with van der Waals surface area (Å²) in [6, 6.07) is 4.73. The van der Waals surface area contributed by atoms with E-state index in [4.69, 9.17) is 4.74 Å². The number of piperidine rings is 1. The molecule has 2 aliphatic heterocycles. The van der Waals surface area contributed by atoms with Crippen LogP contribution in [0, 0.1) is 11.7 Å². The fourth-order valence-corrected chi connectivity index (χ4v) is 5.93. The Morgan fingerprint density at radius 1 is 0.870 bits per heavy atom. The Balaban J connectivity index is 1.56. The number of carbonyl (C=O) groups excluding carboxylic acids is 3. The summed E-state index contributed by atoms with van der Waals surface area (Å²) < 4.78 is 99.8. The molecule has 0 spiro atoms. The van der Waals surface area contributed by atoms with Gasteiger partial charge < -0.3 is 19.4 Å². The second-order valence-corrected chi connectivity index (χ2v) is 11.5. The SMILES string of the molecule is CCOCC(=O)N1CCC(C(=O)N2CC(c3ccc(F)cc3)C(N(C)C(=O)N(C)c3cc(C(F)(F)F)cc(C(F)(F)F)c3)C2)CC1. The van der Waals surface area contributed by atoms with E-state index in [0.29, 0.717) is 55.1 Å². The molecule has 2 aromatic carbocycles. The zero-order valence-corrected chi connectivity index (χ0v) is 25.5. The molecule has 0 N–H and O–H groups in total. The lowest BCUT2D eigenvalue weighted by molar-refractivity contribution is -0.143. The fourth-order valence-electron chi connectivity index (χ4n) is 5.93. The number of benzene rings is 2. The van der Waals surface area contributed by atoms with Gasteiger partial charge in [-0.2, -0.15) is 26.3 Å². The molecule has 2 atom stereocenters. The lowest BCUT2D eigenvalue weighted by Crippen LogP contribution is -2.48. The van der Waals surface area contributed by atoms with Gasteiger partial charge in [-0.3, -0.25) is 14.5 Å². The number of alkyl halides is 6. The van der Waals surface area contributed by atoms with Crippen molar-refractivity contribution in [3.63, 3.8) is 0 Å². The molecule has 0 aromatic heterocycles. The topological polar surface area (TPSA) is 73.4 Å². The quantitative estimate of drug-likeness (QED) is 0.362. The minimum absolute atomic E-state index is 0.0179. The number of nitrogens with zero attached hydrogens (tertiary/aromatic N) is 4. The van der Waals surface area contributed by atoms with Gasteiger partial charge in [0, 0.05) is 64.4 Å². The maximum Gasteiger partial charge on any atom is 0.416 e. The van der Waals surface area contributed by atoms with Gasteiger partial charge in [-0.15, -0.1) is 0 Å². The minimum Gasteiger partial charge on any atom is -0.372 e. The van der Waals surface area contributed by atoms with Gasteiger partial charge in [0.05, 0.1) is 17.2 Å². The third-order valence-corrected chi connectivity index (χ3v) is 8.57. The van der Waals surface area contributed by atoms with Crippen LogP contribution in [-0.4, -0.2) is 92.1 Å². The predicted octanol–water partition coefficient (Wildman–Crippen LogP) is 5.62. The highest BCUT2D eigenvalue weighted by molar-refractivity contribution is 5.92. The monoisotopic (exact) mass is 660 g/mol. The zero-order chi connectivity index (χ0) is 34.0. The standard InChI is InChI=1S/C31H35F7N4O4/c1-4-46-18-27(43)41-11-9-20(10-12-41)28(44)42-16-25(19-5-7-23(32)8-6-19)26(17-42)40(3)29(45)39(2)24-14-21(30(33,34)35)13-22(15-24)31(36,37)38/h5-8,13-15,20,25-26H,4,9-12,16-18H2,1-3H3. The van der Waals surface area contributed by atoms with Gasteiger partial charge in [0.2, 0.25) is 11.8 Å². The molecule has 2 unspecified atom stereocenters.